The standard InChI is InChI=1S/C21H17F4N3O3/c1-11-9-16(19(26)27-12(11)2)20(29)28-13-3-5-14(6-4-13)30-18-10-15(7-8-17(18)22)31-21(23,24)25/h3-10H,1-2H3,(H2,26,27)(H,28,29). The Morgan fingerprint density at radius 3 is 2.32 bits per heavy atom. The highest BCUT2D eigenvalue weighted by molar-refractivity contribution is 6.07. The van der Waals surface area contributed by atoms with Crippen molar-refractivity contribution in [1.82, 2.24) is 4.98 Å². The van der Waals surface area contributed by atoms with Gasteiger partial charge in [-0.1, -0.05) is 0 Å². The summed E-state index contributed by atoms with van der Waals surface area (Å²) in [6.07, 6.45) is -4.91. The number of aryl methyl sites for hydroxylation is 2. The molecule has 31 heavy (non-hydrogen) atoms. The number of carbonyl (C=O) groups excluding carboxylic acids is 1. The van der Waals surface area contributed by atoms with Gasteiger partial charge in [-0.2, -0.15) is 0 Å². The van der Waals surface area contributed by atoms with Gasteiger partial charge in [-0.3, -0.25) is 4.79 Å². The van der Waals surface area contributed by atoms with Crippen LogP contribution in [0.2, 0.25) is 0 Å². The zero-order chi connectivity index (χ0) is 22.8. The van der Waals surface area contributed by atoms with E-state index in [2.05, 4.69) is 15.0 Å². The monoisotopic (exact) mass is 435 g/mol. The minimum absolute atomic E-state index is 0.0944. The predicted molar refractivity (Wildman–Crippen MR) is 106 cm³/mol. The van der Waals surface area contributed by atoms with Gasteiger partial charge in [0.2, 0.25) is 0 Å². The first-order valence-corrected chi connectivity index (χ1v) is 8.90. The summed E-state index contributed by atoms with van der Waals surface area (Å²) in [6.45, 7) is 3.58. The van der Waals surface area contributed by atoms with Gasteiger partial charge in [-0.25, -0.2) is 9.37 Å². The first-order chi connectivity index (χ1) is 14.5. The third kappa shape index (κ3) is 5.62. The fourth-order valence-corrected chi connectivity index (χ4v) is 2.60. The lowest BCUT2D eigenvalue weighted by atomic mass is 10.1. The molecule has 0 saturated heterocycles. The van der Waals surface area contributed by atoms with Gasteiger partial charge in [-0.15, -0.1) is 13.2 Å². The van der Waals surface area contributed by atoms with E-state index in [1.54, 1.807) is 19.9 Å². The minimum atomic E-state index is -4.91. The van der Waals surface area contributed by atoms with Crippen molar-refractivity contribution >= 4 is 17.4 Å². The number of nitrogens with two attached hydrogens (primary N) is 1. The normalized spacial score (nSPS) is 11.2. The molecular formula is C21H17F4N3O3. The maximum atomic E-state index is 13.9. The van der Waals surface area contributed by atoms with E-state index in [9.17, 15) is 22.4 Å². The van der Waals surface area contributed by atoms with Crippen LogP contribution >= 0.6 is 0 Å². The molecule has 0 aliphatic carbocycles. The Morgan fingerprint density at radius 2 is 1.68 bits per heavy atom. The molecular weight excluding hydrogens is 418 g/mol. The SMILES string of the molecule is Cc1cc(C(=O)Nc2ccc(Oc3cc(OC(F)(F)F)ccc3F)cc2)c(N)nc1C. The molecule has 1 aromatic heterocycles. The van der Waals surface area contributed by atoms with Crippen molar-refractivity contribution in [2.75, 3.05) is 11.1 Å². The molecule has 3 rings (SSSR count). The Balaban J connectivity index is 1.72. The van der Waals surface area contributed by atoms with Crippen molar-refractivity contribution in [3.8, 4) is 17.2 Å². The average molecular weight is 435 g/mol. The number of pyridine rings is 1. The summed E-state index contributed by atoms with van der Waals surface area (Å²) in [7, 11) is 0. The predicted octanol–water partition coefficient (Wildman–Crippen LogP) is 5.36. The van der Waals surface area contributed by atoms with Crippen molar-refractivity contribution in [2.45, 2.75) is 20.2 Å². The second kappa shape index (κ2) is 8.50. The number of rotatable bonds is 5. The molecule has 0 aliphatic rings. The Hall–Kier alpha value is -3.82. The second-order valence-electron chi connectivity index (χ2n) is 6.54. The second-order valence-corrected chi connectivity index (χ2v) is 6.54. The zero-order valence-corrected chi connectivity index (χ0v) is 16.4. The third-order valence-electron chi connectivity index (χ3n) is 4.22. The molecule has 10 heteroatoms. The van der Waals surface area contributed by atoms with E-state index in [4.69, 9.17) is 10.5 Å². The lowest BCUT2D eigenvalue weighted by Crippen LogP contribution is -2.17. The number of aromatic nitrogens is 1. The molecule has 0 bridgehead atoms. The van der Waals surface area contributed by atoms with Crippen LogP contribution in [-0.4, -0.2) is 17.3 Å². The Morgan fingerprint density at radius 1 is 1.03 bits per heavy atom. The van der Waals surface area contributed by atoms with E-state index in [1.165, 1.54) is 24.3 Å². The van der Waals surface area contributed by atoms with Gasteiger partial charge in [0.1, 0.15) is 17.3 Å². The van der Waals surface area contributed by atoms with Crippen LogP contribution in [0.25, 0.3) is 0 Å². The zero-order valence-electron chi connectivity index (χ0n) is 16.4. The van der Waals surface area contributed by atoms with Crippen LogP contribution < -0.4 is 20.5 Å². The quantitative estimate of drug-likeness (QED) is 0.527. The fourth-order valence-electron chi connectivity index (χ4n) is 2.60. The average Bonchev–Trinajstić information content (AvgIpc) is 2.67. The minimum Gasteiger partial charge on any atom is -0.454 e. The maximum Gasteiger partial charge on any atom is 0.573 e. The maximum absolute atomic E-state index is 13.9. The Bertz CT molecular complexity index is 1120. The number of anilines is 2. The Labute approximate surface area is 174 Å². The molecule has 3 aromatic rings. The van der Waals surface area contributed by atoms with E-state index in [0.29, 0.717) is 11.4 Å². The number of nitrogens with one attached hydrogen (secondary N) is 1. The third-order valence-corrected chi connectivity index (χ3v) is 4.22. The summed E-state index contributed by atoms with van der Waals surface area (Å²) in [5.41, 5.74) is 7.94. The number of alkyl halides is 3. The summed E-state index contributed by atoms with van der Waals surface area (Å²) in [6, 6.07) is 9.83. The molecule has 1 heterocycles. The number of nitrogen functional groups attached to an aromatic ring is 1. The molecule has 0 radical (unpaired) electrons. The molecule has 0 atom stereocenters. The number of nitrogens with zero attached hydrogens (tertiary/aromatic N) is 1. The Kier molecular flexibility index (Phi) is 6.00. The van der Waals surface area contributed by atoms with Crippen molar-refractivity contribution < 1.29 is 31.8 Å². The molecule has 0 unspecified atom stereocenters. The van der Waals surface area contributed by atoms with Gasteiger partial charge in [0.25, 0.3) is 5.91 Å². The molecule has 1 amide bonds. The number of halogens is 4. The molecule has 3 N–H and O–H groups in total. The number of benzene rings is 2. The largest absolute Gasteiger partial charge is 0.573 e. The first kappa shape index (κ1) is 21.9. The molecule has 0 saturated carbocycles. The van der Waals surface area contributed by atoms with Gasteiger partial charge in [0.15, 0.2) is 11.6 Å². The number of ether oxygens (including phenoxy) is 2. The van der Waals surface area contributed by atoms with Crippen LogP contribution in [0.1, 0.15) is 21.6 Å². The van der Waals surface area contributed by atoms with E-state index < -0.39 is 29.6 Å². The summed E-state index contributed by atoms with van der Waals surface area (Å²) in [4.78, 5) is 16.6. The van der Waals surface area contributed by atoms with Gasteiger partial charge in [0, 0.05) is 17.4 Å². The lowest BCUT2D eigenvalue weighted by molar-refractivity contribution is -0.274. The van der Waals surface area contributed by atoms with Crippen LogP contribution in [0, 0.1) is 19.7 Å². The number of carbonyl (C=O) groups is 1. The van der Waals surface area contributed by atoms with Crippen molar-refractivity contribution in [3.05, 3.63) is 71.2 Å². The van der Waals surface area contributed by atoms with Crippen LogP contribution in [0.5, 0.6) is 17.2 Å². The first-order valence-electron chi connectivity index (χ1n) is 8.90. The number of hydrogen-bond acceptors (Lipinski definition) is 5. The van der Waals surface area contributed by atoms with Gasteiger partial charge in [-0.05, 0) is 61.9 Å². The summed E-state index contributed by atoms with van der Waals surface area (Å²) < 4.78 is 59.9. The highest BCUT2D eigenvalue weighted by atomic mass is 19.4. The van der Waals surface area contributed by atoms with Gasteiger partial charge in [0.05, 0.1) is 5.56 Å². The van der Waals surface area contributed by atoms with Crippen molar-refractivity contribution in [2.24, 2.45) is 0 Å². The van der Waals surface area contributed by atoms with Crippen LogP contribution in [-0.2, 0) is 0 Å². The van der Waals surface area contributed by atoms with E-state index >= 15 is 0 Å². The van der Waals surface area contributed by atoms with Crippen molar-refractivity contribution in [3.63, 3.8) is 0 Å². The van der Waals surface area contributed by atoms with Gasteiger partial charge >= 0.3 is 6.36 Å². The summed E-state index contributed by atoms with van der Waals surface area (Å²) in [5, 5.41) is 2.65. The molecule has 0 spiro atoms. The van der Waals surface area contributed by atoms with Crippen molar-refractivity contribution in [1.29, 1.82) is 0 Å². The van der Waals surface area contributed by atoms with E-state index in [1.807, 2.05) is 0 Å². The molecule has 0 aliphatic heterocycles. The van der Waals surface area contributed by atoms with Crippen LogP contribution in [0.3, 0.4) is 0 Å². The van der Waals surface area contributed by atoms with Gasteiger partial charge < -0.3 is 20.5 Å². The molecule has 0 fully saturated rings. The van der Waals surface area contributed by atoms with E-state index in [0.717, 1.165) is 23.8 Å². The highest BCUT2D eigenvalue weighted by Crippen LogP contribution is 2.31. The number of amides is 1. The number of hydrogen-bond donors (Lipinski definition) is 2. The van der Waals surface area contributed by atoms with Crippen LogP contribution in [0.15, 0.2) is 48.5 Å². The topological polar surface area (TPSA) is 86.5 Å². The van der Waals surface area contributed by atoms with E-state index in [-0.39, 0.29) is 17.1 Å². The molecule has 2 aromatic carbocycles. The fraction of sp³-hybridized carbons (Fsp3) is 0.143. The van der Waals surface area contributed by atoms with Crippen LogP contribution in [0.4, 0.5) is 29.1 Å². The summed E-state index contributed by atoms with van der Waals surface area (Å²) >= 11 is 0. The smallest absolute Gasteiger partial charge is 0.454 e. The lowest BCUT2D eigenvalue weighted by Gasteiger charge is -2.12. The highest BCUT2D eigenvalue weighted by Gasteiger charge is 2.31. The summed E-state index contributed by atoms with van der Waals surface area (Å²) in [5.74, 6) is -2.18. The molecule has 162 valence electrons. The molecule has 6 nitrogen and oxygen atoms in total.